The van der Waals surface area contributed by atoms with Crippen LogP contribution in [0.1, 0.15) is 11.3 Å². The van der Waals surface area contributed by atoms with Crippen molar-refractivity contribution in [2.45, 2.75) is 19.5 Å². The lowest BCUT2D eigenvalue weighted by Gasteiger charge is -2.12. The van der Waals surface area contributed by atoms with E-state index in [2.05, 4.69) is 14.7 Å². The van der Waals surface area contributed by atoms with E-state index in [1.165, 1.54) is 42.3 Å². The summed E-state index contributed by atoms with van der Waals surface area (Å²) >= 11 is 0. The molecule has 0 amide bonds. The van der Waals surface area contributed by atoms with Crippen LogP contribution in [0.15, 0.2) is 48.8 Å². The number of rotatable bonds is 6. The van der Waals surface area contributed by atoms with E-state index in [1.54, 1.807) is 0 Å². The third kappa shape index (κ3) is 4.58. The number of ether oxygens (including phenoxy) is 2. The Bertz CT molecular complexity index is 1300. The zero-order valence-electron chi connectivity index (χ0n) is 17.0. The van der Waals surface area contributed by atoms with E-state index in [-0.39, 0.29) is 29.2 Å². The van der Waals surface area contributed by atoms with Gasteiger partial charge in [-0.1, -0.05) is 6.07 Å². The highest BCUT2D eigenvalue weighted by atomic mass is 19.4. The number of alkyl halides is 3. The van der Waals surface area contributed by atoms with Crippen molar-refractivity contribution >= 4 is 10.9 Å². The maximum atomic E-state index is 14.3. The molecule has 0 bridgehead atoms. The summed E-state index contributed by atoms with van der Waals surface area (Å²) in [4.78, 5) is 8.04. The van der Waals surface area contributed by atoms with Crippen LogP contribution in [0.2, 0.25) is 0 Å². The highest BCUT2D eigenvalue weighted by Gasteiger charge is 2.31. The average Bonchev–Trinajstić information content (AvgIpc) is 3.07. The van der Waals surface area contributed by atoms with E-state index >= 15 is 0 Å². The predicted molar refractivity (Wildman–Crippen MR) is 108 cm³/mol. The minimum absolute atomic E-state index is 0.0718. The van der Waals surface area contributed by atoms with E-state index in [0.717, 1.165) is 18.2 Å². The van der Waals surface area contributed by atoms with Crippen molar-refractivity contribution in [3.63, 3.8) is 0 Å². The van der Waals surface area contributed by atoms with Gasteiger partial charge >= 0.3 is 12.4 Å². The van der Waals surface area contributed by atoms with Crippen molar-refractivity contribution < 1.29 is 36.5 Å². The van der Waals surface area contributed by atoms with Crippen molar-refractivity contribution in [2.24, 2.45) is 0 Å². The van der Waals surface area contributed by atoms with E-state index in [0.29, 0.717) is 16.6 Å². The number of aliphatic hydroxyl groups is 1. The van der Waals surface area contributed by atoms with Crippen molar-refractivity contribution in [1.82, 2.24) is 14.5 Å². The molecule has 0 saturated carbocycles. The van der Waals surface area contributed by atoms with Crippen LogP contribution in [0.25, 0.3) is 22.0 Å². The van der Waals surface area contributed by atoms with Crippen LogP contribution in [0, 0.1) is 11.6 Å². The second-order valence-corrected chi connectivity index (χ2v) is 6.99. The molecule has 0 aliphatic carbocycles. The molecular formula is C22H16F5N3O3. The third-order valence-electron chi connectivity index (χ3n) is 4.97. The Balaban J connectivity index is 1.94. The van der Waals surface area contributed by atoms with Crippen LogP contribution in [-0.2, 0) is 13.2 Å². The molecular weight excluding hydrogens is 449 g/mol. The molecule has 0 aliphatic heterocycles. The monoisotopic (exact) mass is 465 g/mol. The fourth-order valence-electron chi connectivity index (χ4n) is 3.62. The van der Waals surface area contributed by atoms with Crippen molar-refractivity contribution in [3.05, 3.63) is 71.7 Å². The Hall–Kier alpha value is -3.73. The first-order chi connectivity index (χ1) is 15.7. The summed E-state index contributed by atoms with van der Waals surface area (Å²) in [5, 5.41) is 10.4. The number of hydrogen-bond acceptors (Lipinski definition) is 5. The quantitative estimate of drug-likeness (QED) is 0.414. The Labute approximate surface area is 183 Å². The molecule has 4 rings (SSSR count). The van der Waals surface area contributed by atoms with Crippen LogP contribution in [0.5, 0.6) is 11.8 Å². The lowest BCUT2D eigenvalue weighted by molar-refractivity contribution is -0.274. The van der Waals surface area contributed by atoms with Crippen LogP contribution >= 0.6 is 0 Å². The molecule has 0 radical (unpaired) electrons. The molecule has 1 N–H and O–H groups in total. The Kier molecular flexibility index (Phi) is 5.90. The summed E-state index contributed by atoms with van der Waals surface area (Å²) < 4.78 is 76.6. The maximum Gasteiger partial charge on any atom is 0.573 e. The molecule has 172 valence electrons. The predicted octanol–water partition coefficient (Wildman–Crippen LogP) is 4.82. The zero-order chi connectivity index (χ0) is 23.8. The lowest BCUT2D eigenvalue weighted by atomic mass is 10.0. The number of benzene rings is 2. The Morgan fingerprint density at radius 2 is 1.76 bits per heavy atom. The summed E-state index contributed by atoms with van der Waals surface area (Å²) in [6, 6.07) is 6.80. The summed E-state index contributed by atoms with van der Waals surface area (Å²) in [5.74, 6) is -2.02. The first-order valence-electron chi connectivity index (χ1n) is 9.52. The van der Waals surface area contributed by atoms with E-state index in [9.17, 15) is 27.1 Å². The van der Waals surface area contributed by atoms with Gasteiger partial charge < -0.3 is 19.1 Å². The summed E-state index contributed by atoms with van der Waals surface area (Å²) in [6.45, 7) is -0.649. The van der Waals surface area contributed by atoms with Gasteiger partial charge in [0.15, 0.2) is 0 Å². The molecule has 2 heterocycles. The molecule has 0 spiro atoms. The average molecular weight is 465 g/mol. The van der Waals surface area contributed by atoms with Crippen molar-refractivity contribution in [2.75, 3.05) is 7.11 Å². The van der Waals surface area contributed by atoms with Crippen LogP contribution in [-0.4, -0.2) is 33.1 Å². The highest BCUT2D eigenvalue weighted by molar-refractivity contribution is 5.98. The van der Waals surface area contributed by atoms with E-state index in [1.807, 2.05) is 0 Å². The van der Waals surface area contributed by atoms with Gasteiger partial charge in [0.05, 0.1) is 26.0 Å². The minimum atomic E-state index is -4.91. The number of halogens is 5. The smallest absolute Gasteiger partial charge is 0.467 e. The molecule has 6 nitrogen and oxygen atoms in total. The molecule has 0 fully saturated rings. The Morgan fingerprint density at radius 1 is 1.03 bits per heavy atom. The molecule has 2 aromatic heterocycles. The van der Waals surface area contributed by atoms with Crippen molar-refractivity contribution in [1.29, 1.82) is 0 Å². The number of hydrogen-bond donors (Lipinski definition) is 1. The molecule has 0 aliphatic rings. The first kappa shape index (κ1) is 22.5. The third-order valence-corrected chi connectivity index (χ3v) is 4.97. The summed E-state index contributed by atoms with van der Waals surface area (Å²) in [7, 11) is 1.37. The summed E-state index contributed by atoms with van der Waals surface area (Å²) in [5.41, 5.74) is 1.50. The van der Waals surface area contributed by atoms with Gasteiger partial charge in [-0.15, -0.1) is 13.2 Å². The molecule has 4 aromatic rings. The van der Waals surface area contributed by atoms with Crippen LogP contribution < -0.4 is 9.47 Å². The fourth-order valence-corrected chi connectivity index (χ4v) is 3.62. The van der Waals surface area contributed by atoms with Gasteiger partial charge in [0.2, 0.25) is 0 Å². The molecule has 0 atom stereocenters. The van der Waals surface area contributed by atoms with Gasteiger partial charge in [-0.25, -0.2) is 18.7 Å². The number of aliphatic hydroxyl groups excluding tert-OH is 1. The van der Waals surface area contributed by atoms with E-state index < -0.39 is 30.4 Å². The molecule has 11 heteroatoms. The summed E-state index contributed by atoms with van der Waals surface area (Å²) in [6.07, 6.45) is -2.13. The second-order valence-electron chi connectivity index (χ2n) is 6.99. The van der Waals surface area contributed by atoms with Crippen molar-refractivity contribution in [3.8, 4) is 22.9 Å². The number of methoxy groups -OCH3 is 1. The maximum absolute atomic E-state index is 14.3. The minimum Gasteiger partial charge on any atom is -0.467 e. The molecule has 0 unspecified atom stereocenters. The number of aromatic nitrogens is 3. The fraction of sp³-hybridized carbons (Fsp3) is 0.182. The topological polar surface area (TPSA) is 69.4 Å². The molecule has 0 saturated heterocycles. The van der Waals surface area contributed by atoms with Gasteiger partial charge in [0.25, 0.3) is 0 Å². The number of nitrogens with zero attached hydrogens (tertiary/aromatic N) is 3. The number of fused-ring (bicyclic) bond motifs is 1. The first-order valence-corrected chi connectivity index (χ1v) is 9.52. The van der Waals surface area contributed by atoms with Crippen LogP contribution in [0.4, 0.5) is 22.0 Å². The van der Waals surface area contributed by atoms with Gasteiger partial charge in [-0.2, -0.15) is 0 Å². The van der Waals surface area contributed by atoms with E-state index in [4.69, 9.17) is 4.74 Å². The standard InChI is InChI=1S/C22H16F5N3O3/c1-32-21-28-8-13(9-29-21)20-16-7-15(33-22(25,26)27)4-5-18(16)30(19(20)11-31)10-12-2-3-14(23)6-17(12)24/h2-9,31H,10-11H2,1H3. The van der Waals surface area contributed by atoms with Gasteiger partial charge in [0.1, 0.15) is 17.4 Å². The largest absolute Gasteiger partial charge is 0.573 e. The second kappa shape index (κ2) is 8.66. The zero-order valence-corrected chi connectivity index (χ0v) is 17.0. The lowest BCUT2D eigenvalue weighted by Crippen LogP contribution is -2.17. The highest BCUT2D eigenvalue weighted by Crippen LogP contribution is 2.38. The normalized spacial score (nSPS) is 11.7. The molecule has 33 heavy (non-hydrogen) atoms. The molecule has 2 aromatic carbocycles. The SMILES string of the molecule is COc1ncc(-c2c(CO)n(Cc3ccc(F)cc3F)c3ccc(OC(F)(F)F)cc23)cn1. The van der Waals surface area contributed by atoms with Gasteiger partial charge in [-0.3, -0.25) is 0 Å². The van der Waals surface area contributed by atoms with Crippen LogP contribution in [0.3, 0.4) is 0 Å². The van der Waals surface area contributed by atoms with Gasteiger partial charge in [-0.05, 0) is 24.3 Å². The Morgan fingerprint density at radius 3 is 2.36 bits per heavy atom. The van der Waals surface area contributed by atoms with Gasteiger partial charge in [0, 0.05) is 46.1 Å².